The molecule has 21 heavy (non-hydrogen) atoms. The number of para-hydroxylation sites is 1. The molecule has 0 aliphatic rings. The van der Waals surface area contributed by atoms with Gasteiger partial charge >= 0.3 is 0 Å². The number of nitrogens with one attached hydrogen (secondary N) is 1. The Balaban J connectivity index is 2.57. The second-order valence-electron chi connectivity index (χ2n) is 5.34. The summed E-state index contributed by atoms with van der Waals surface area (Å²) in [6, 6.07) is 6.98. The smallest absolute Gasteiger partial charge is 0.244 e. The Morgan fingerprint density at radius 1 is 1.19 bits per heavy atom. The molecule has 120 valence electrons. The molecule has 6 heteroatoms. The highest BCUT2D eigenvalue weighted by molar-refractivity contribution is 7.89. The van der Waals surface area contributed by atoms with Gasteiger partial charge in [-0.15, -0.1) is 0 Å². The lowest BCUT2D eigenvalue weighted by atomic mass is 10.3. The third-order valence-electron chi connectivity index (χ3n) is 2.98. The second-order valence-corrected chi connectivity index (χ2v) is 7.46. The highest BCUT2D eigenvalue weighted by Crippen LogP contribution is 2.23. The lowest BCUT2D eigenvalue weighted by Crippen LogP contribution is -2.23. The Kier molecular flexibility index (Phi) is 7.14. The number of hydrogen-bond acceptors (Lipinski definition) is 4. The predicted molar refractivity (Wildman–Crippen MR) is 86.1 cm³/mol. The van der Waals surface area contributed by atoms with E-state index in [4.69, 9.17) is 4.74 Å². The van der Waals surface area contributed by atoms with E-state index in [-0.39, 0.29) is 6.10 Å². The molecule has 0 radical (unpaired) electrons. The zero-order valence-corrected chi connectivity index (χ0v) is 14.1. The highest BCUT2D eigenvalue weighted by Gasteiger charge is 2.20. The number of sulfonamides is 1. The largest absolute Gasteiger partial charge is 0.384 e. The van der Waals surface area contributed by atoms with E-state index >= 15 is 0 Å². The first-order valence-electron chi connectivity index (χ1n) is 7.22. The fraction of sp³-hybridized carbons (Fsp3) is 0.600. The number of unbranched alkanes of at least 4 members (excludes halogenated alkanes) is 1. The molecule has 0 aliphatic carbocycles. The van der Waals surface area contributed by atoms with E-state index in [1.165, 1.54) is 18.4 Å². The third-order valence-corrected chi connectivity index (χ3v) is 4.86. The molecular formula is C15H26N2O3S. The summed E-state index contributed by atoms with van der Waals surface area (Å²) in [6.07, 6.45) is 2.14. The van der Waals surface area contributed by atoms with E-state index < -0.39 is 10.0 Å². The molecule has 0 aromatic heterocycles. The van der Waals surface area contributed by atoms with Crippen LogP contribution >= 0.6 is 0 Å². The number of ether oxygens (including phenoxy) is 1. The minimum absolute atomic E-state index is 0.254. The van der Waals surface area contributed by atoms with Crippen molar-refractivity contribution in [2.75, 3.05) is 32.6 Å². The van der Waals surface area contributed by atoms with Crippen LogP contribution in [0, 0.1) is 0 Å². The topological polar surface area (TPSA) is 58.6 Å². The minimum atomic E-state index is -3.42. The molecule has 0 unspecified atom stereocenters. The van der Waals surface area contributed by atoms with Crippen LogP contribution in [0.5, 0.6) is 0 Å². The van der Waals surface area contributed by atoms with E-state index in [1.54, 1.807) is 18.2 Å². The van der Waals surface area contributed by atoms with Crippen LogP contribution < -0.4 is 5.32 Å². The van der Waals surface area contributed by atoms with Gasteiger partial charge in [0, 0.05) is 27.2 Å². The molecule has 0 heterocycles. The number of anilines is 1. The quantitative estimate of drug-likeness (QED) is 0.712. The fourth-order valence-corrected chi connectivity index (χ4v) is 2.87. The van der Waals surface area contributed by atoms with Gasteiger partial charge in [-0.1, -0.05) is 12.1 Å². The second kappa shape index (κ2) is 8.36. The van der Waals surface area contributed by atoms with Crippen LogP contribution in [0.3, 0.4) is 0 Å². The van der Waals surface area contributed by atoms with Gasteiger partial charge in [-0.25, -0.2) is 12.7 Å². The van der Waals surface area contributed by atoms with Crippen molar-refractivity contribution < 1.29 is 13.2 Å². The van der Waals surface area contributed by atoms with Gasteiger partial charge in [-0.3, -0.25) is 0 Å². The average Bonchev–Trinajstić information content (AvgIpc) is 2.42. The standard InChI is InChI=1S/C15H26N2O3S/c1-13(2)20-12-8-7-11-16-14-9-5-6-10-15(14)21(18,19)17(3)4/h5-6,9-10,13,16H,7-8,11-12H2,1-4H3. The van der Waals surface area contributed by atoms with Gasteiger partial charge in [0.15, 0.2) is 0 Å². The first-order valence-corrected chi connectivity index (χ1v) is 8.66. The summed E-state index contributed by atoms with van der Waals surface area (Å²) in [5, 5.41) is 3.20. The molecule has 0 aliphatic heterocycles. The SMILES string of the molecule is CC(C)OCCCCNc1ccccc1S(=O)(=O)N(C)C. The van der Waals surface area contributed by atoms with Crippen LogP contribution in [0.2, 0.25) is 0 Å². The van der Waals surface area contributed by atoms with Gasteiger partial charge in [0.25, 0.3) is 0 Å². The summed E-state index contributed by atoms with van der Waals surface area (Å²) < 4.78 is 31.2. The molecule has 0 atom stereocenters. The molecule has 0 spiro atoms. The normalized spacial score (nSPS) is 12.1. The Labute approximate surface area is 128 Å². The maximum absolute atomic E-state index is 12.2. The highest BCUT2D eigenvalue weighted by atomic mass is 32.2. The van der Waals surface area contributed by atoms with Crippen molar-refractivity contribution in [2.45, 2.75) is 37.7 Å². The van der Waals surface area contributed by atoms with Crippen LogP contribution in [0.15, 0.2) is 29.2 Å². The van der Waals surface area contributed by atoms with Crippen molar-refractivity contribution in [3.05, 3.63) is 24.3 Å². The van der Waals surface area contributed by atoms with Crippen LogP contribution in [-0.2, 0) is 14.8 Å². The van der Waals surface area contributed by atoms with Crippen LogP contribution in [0.4, 0.5) is 5.69 Å². The van der Waals surface area contributed by atoms with Crippen molar-refractivity contribution in [3.63, 3.8) is 0 Å². The Morgan fingerprint density at radius 2 is 1.86 bits per heavy atom. The maximum atomic E-state index is 12.2. The maximum Gasteiger partial charge on any atom is 0.244 e. The molecular weight excluding hydrogens is 288 g/mol. The molecule has 0 amide bonds. The third kappa shape index (κ3) is 5.65. The number of rotatable bonds is 9. The number of hydrogen-bond donors (Lipinski definition) is 1. The van der Waals surface area contributed by atoms with Crippen LogP contribution in [0.1, 0.15) is 26.7 Å². The predicted octanol–water partition coefficient (Wildman–Crippen LogP) is 2.55. The summed E-state index contributed by atoms with van der Waals surface area (Å²) in [7, 11) is -0.346. The molecule has 1 N–H and O–H groups in total. The van der Waals surface area contributed by atoms with Gasteiger partial charge < -0.3 is 10.1 Å². The molecule has 1 rings (SSSR count). The van der Waals surface area contributed by atoms with Crippen molar-refractivity contribution in [3.8, 4) is 0 Å². The van der Waals surface area contributed by atoms with E-state index in [9.17, 15) is 8.42 Å². The van der Waals surface area contributed by atoms with Crippen molar-refractivity contribution in [2.24, 2.45) is 0 Å². The fourth-order valence-electron chi connectivity index (χ4n) is 1.80. The number of nitrogens with zero attached hydrogens (tertiary/aromatic N) is 1. The summed E-state index contributed by atoms with van der Waals surface area (Å²) in [5.41, 5.74) is 0.649. The molecule has 0 saturated carbocycles. The summed E-state index contributed by atoms with van der Waals surface area (Å²) >= 11 is 0. The Morgan fingerprint density at radius 3 is 2.48 bits per heavy atom. The van der Waals surface area contributed by atoms with E-state index in [2.05, 4.69) is 5.32 Å². The van der Waals surface area contributed by atoms with Crippen molar-refractivity contribution in [1.82, 2.24) is 4.31 Å². The average molecular weight is 314 g/mol. The summed E-state index contributed by atoms with van der Waals surface area (Å²) in [5.74, 6) is 0. The van der Waals surface area contributed by atoms with E-state index in [0.29, 0.717) is 10.6 Å². The Hall–Kier alpha value is -1.11. The lowest BCUT2D eigenvalue weighted by Gasteiger charge is -2.16. The summed E-state index contributed by atoms with van der Waals surface area (Å²) in [4.78, 5) is 0.313. The van der Waals surface area contributed by atoms with Crippen molar-refractivity contribution in [1.29, 1.82) is 0 Å². The van der Waals surface area contributed by atoms with E-state index in [1.807, 2.05) is 19.9 Å². The molecule has 1 aromatic rings. The molecule has 1 aromatic carbocycles. The van der Waals surface area contributed by atoms with Gasteiger partial charge in [0.2, 0.25) is 10.0 Å². The van der Waals surface area contributed by atoms with E-state index in [0.717, 1.165) is 26.0 Å². The molecule has 5 nitrogen and oxygen atoms in total. The first kappa shape index (κ1) is 17.9. The minimum Gasteiger partial charge on any atom is -0.384 e. The summed E-state index contributed by atoms with van der Waals surface area (Å²) in [6.45, 7) is 5.49. The van der Waals surface area contributed by atoms with Crippen LogP contribution in [0.25, 0.3) is 0 Å². The molecule has 0 fully saturated rings. The molecule has 0 saturated heterocycles. The van der Waals surface area contributed by atoms with Gasteiger partial charge in [0.05, 0.1) is 11.8 Å². The lowest BCUT2D eigenvalue weighted by molar-refractivity contribution is 0.0765. The first-order chi connectivity index (χ1) is 9.85. The Bertz CT molecular complexity index is 527. The zero-order valence-electron chi connectivity index (χ0n) is 13.3. The number of benzene rings is 1. The van der Waals surface area contributed by atoms with Gasteiger partial charge in [-0.2, -0.15) is 0 Å². The monoisotopic (exact) mass is 314 g/mol. The van der Waals surface area contributed by atoms with Crippen molar-refractivity contribution >= 4 is 15.7 Å². The van der Waals surface area contributed by atoms with Crippen LogP contribution in [-0.4, -0.2) is 46.1 Å². The molecule has 0 bridgehead atoms. The van der Waals surface area contributed by atoms with Gasteiger partial charge in [-0.05, 0) is 38.8 Å². The van der Waals surface area contributed by atoms with Gasteiger partial charge in [0.1, 0.15) is 4.90 Å². The zero-order chi connectivity index (χ0) is 15.9.